The van der Waals surface area contributed by atoms with Gasteiger partial charge in [0, 0.05) is 32.7 Å². The molecule has 2 aromatic rings. The van der Waals surface area contributed by atoms with Gasteiger partial charge in [0.25, 0.3) is 0 Å². The molecule has 2 aliphatic rings. The van der Waals surface area contributed by atoms with E-state index in [-0.39, 0.29) is 24.9 Å². The number of halogens is 2. The minimum Gasteiger partial charge on any atom is -0.478 e. The predicted octanol–water partition coefficient (Wildman–Crippen LogP) is 2.41. The lowest BCUT2D eigenvalue weighted by molar-refractivity contribution is 0.0696. The van der Waals surface area contributed by atoms with E-state index in [9.17, 15) is 17.6 Å². The van der Waals surface area contributed by atoms with Gasteiger partial charge in [-0.1, -0.05) is 17.7 Å². The van der Waals surface area contributed by atoms with E-state index < -0.39 is 32.3 Å². The molecule has 1 fully saturated rings. The first-order valence-electron chi connectivity index (χ1n) is 9.09. The van der Waals surface area contributed by atoms with Crippen LogP contribution in [0.3, 0.4) is 0 Å². The number of carboxylic acids is 1. The molecule has 0 saturated carbocycles. The van der Waals surface area contributed by atoms with Gasteiger partial charge in [0.1, 0.15) is 10.7 Å². The van der Waals surface area contributed by atoms with Crippen LogP contribution in [-0.2, 0) is 16.6 Å². The standard InChI is InChI=1S/C19H18ClFN2O6S/c20-14-9-15(21)18(8-13(14)19(24)25)30(26,27)23-5-3-22(4-6-23)10-12-1-2-16-17(7-12)29-11-28-16/h1-2,7-9H,3-6,10-11H2,(H,24,25). The van der Waals surface area contributed by atoms with Crippen molar-refractivity contribution in [2.45, 2.75) is 11.4 Å². The summed E-state index contributed by atoms with van der Waals surface area (Å²) in [6.45, 7) is 1.97. The van der Waals surface area contributed by atoms with Crippen molar-refractivity contribution in [1.82, 2.24) is 9.21 Å². The molecule has 30 heavy (non-hydrogen) atoms. The maximum absolute atomic E-state index is 14.3. The number of piperazine rings is 1. The Kier molecular flexibility index (Phi) is 5.58. The maximum Gasteiger partial charge on any atom is 0.337 e. The van der Waals surface area contributed by atoms with Crippen molar-refractivity contribution >= 4 is 27.6 Å². The largest absolute Gasteiger partial charge is 0.478 e. The zero-order chi connectivity index (χ0) is 21.5. The van der Waals surface area contributed by atoms with Crippen LogP contribution in [-0.4, -0.2) is 61.7 Å². The van der Waals surface area contributed by atoms with Gasteiger partial charge in [-0.15, -0.1) is 0 Å². The van der Waals surface area contributed by atoms with E-state index in [1.807, 2.05) is 18.2 Å². The summed E-state index contributed by atoms with van der Waals surface area (Å²) in [7, 11) is -4.20. The average Bonchev–Trinajstić information content (AvgIpc) is 3.16. The summed E-state index contributed by atoms with van der Waals surface area (Å²) in [4.78, 5) is 12.6. The number of carbonyl (C=O) groups is 1. The highest BCUT2D eigenvalue weighted by Crippen LogP contribution is 2.33. The highest BCUT2D eigenvalue weighted by molar-refractivity contribution is 7.89. The van der Waals surface area contributed by atoms with Gasteiger partial charge in [0.05, 0.1) is 10.6 Å². The molecular weight excluding hydrogens is 439 g/mol. The maximum atomic E-state index is 14.3. The molecule has 8 nitrogen and oxygen atoms in total. The van der Waals surface area contributed by atoms with Crippen LogP contribution < -0.4 is 9.47 Å². The Bertz CT molecular complexity index is 1100. The van der Waals surface area contributed by atoms with Crippen LogP contribution in [0.25, 0.3) is 0 Å². The monoisotopic (exact) mass is 456 g/mol. The topological polar surface area (TPSA) is 96.4 Å². The highest BCUT2D eigenvalue weighted by atomic mass is 35.5. The van der Waals surface area contributed by atoms with Crippen molar-refractivity contribution in [1.29, 1.82) is 0 Å². The second kappa shape index (κ2) is 8.03. The number of nitrogens with zero attached hydrogens (tertiary/aromatic N) is 2. The molecule has 2 aromatic carbocycles. The Balaban J connectivity index is 1.46. The van der Waals surface area contributed by atoms with Crippen molar-refractivity contribution in [3.63, 3.8) is 0 Å². The molecule has 0 aromatic heterocycles. The number of hydrogen-bond donors (Lipinski definition) is 1. The third-order valence-electron chi connectivity index (χ3n) is 5.04. The molecule has 0 spiro atoms. The van der Waals surface area contributed by atoms with Gasteiger partial charge in [-0.05, 0) is 29.8 Å². The zero-order valence-electron chi connectivity index (χ0n) is 15.7. The van der Waals surface area contributed by atoms with Crippen LogP contribution >= 0.6 is 11.6 Å². The number of aromatic carboxylic acids is 1. The fourth-order valence-electron chi connectivity index (χ4n) is 3.46. The molecule has 11 heteroatoms. The summed E-state index contributed by atoms with van der Waals surface area (Å²) >= 11 is 5.71. The minimum absolute atomic E-state index is 0.150. The summed E-state index contributed by atoms with van der Waals surface area (Å²) in [6.07, 6.45) is 0. The van der Waals surface area contributed by atoms with Crippen LogP contribution in [0, 0.1) is 5.82 Å². The van der Waals surface area contributed by atoms with E-state index in [1.165, 1.54) is 0 Å². The van der Waals surface area contributed by atoms with Crippen molar-refractivity contribution in [2.75, 3.05) is 33.0 Å². The van der Waals surface area contributed by atoms with E-state index in [0.717, 1.165) is 15.9 Å². The fraction of sp³-hybridized carbons (Fsp3) is 0.316. The molecule has 4 rings (SSSR count). The van der Waals surface area contributed by atoms with Gasteiger partial charge in [-0.3, -0.25) is 4.90 Å². The van der Waals surface area contributed by atoms with E-state index >= 15 is 0 Å². The Hall–Kier alpha value is -2.40. The van der Waals surface area contributed by atoms with Crippen LogP contribution in [0.2, 0.25) is 5.02 Å². The van der Waals surface area contributed by atoms with E-state index in [0.29, 0.717) is 37.2 Å². The van der Waals surface area contributed by atoms with Crippen molar-refractivity contribution < 1.29 is 32.2 Å². The lowest BCUT2D eigenvalue weighted by Crippen LogP contribution is -2.48. The molecule has 1 N–H and O–H groups in total. The smallest absolute Gasteiger partial charge is 0.337 e. The molecule has 2 aliphatic heterocycles. The Labute approximate surface area is 177 Å². The molecule has 160 valence electrons. The van der Waals surface area contributed by atoms with Crippen molar-refractivity contribution in [2.24, 2.45) is 0 Å². The van der Waals surface area contributed by atoms with E-state index in [1.54, 1.807) is 0 Å². The molecule has 2 heterocycles. The van der Waals surface area contributed by atoms with Gasteiger partial charge in [0.2, 0.25) is 16.8 Å². The molecule has 1 saturated heterocycles. The molecule has 0 atom stereocenters. The molecule has 0 amide bonds. The average molecular weight is 457 g/mol. The third kappa shape index (κ3) is 3.95. The Morgan fingerprint density at radius 3 is 2.50 bits per heavy atom. The third-order valence-corrected chi connectivity index (χ3v) is 7.27. The van der Waals surface area contributed by atoms with Gasteiger partial charge in [-0.25, -0.2) is 17.6 Å². The highest BCUT2D eigenvalue weighted by Gasteiger charge is 2.32. The number of fused-ring (bicyclic) bond motifs is 1. The number of rotatable bonds is 5. The van der Waals surface area contributed by atoms with Gasteiger partial charge < -0.3 is 14.6 Å². The van der Waals surface area contributed by atoms with E-state index in [4.69, 9.17) is 26.2 Å². The van der Waals surface area contributed by atoms with Crippen LogP contribution in [0.1, 0.15) is 15.9 Å². The van der Waals surface area contributed by atoms with Crippen molar-refractivity contribution in [3.05, 3.63) is 52.3 Å². The molecule has 0 radical (unpaired) electrons. The lowest BCUT2D eigenvalue weighted by Gasteiger charge is -2.34. The summed E-state index contributed by atoms with van der Waals surface area (Å²) in [6, 6.07) is 7.14. The molecule has 0 bridgehead atoms. The number of ether oxygens (including phenoxy) is 2. The van der Waals surface area contributed by atoms with Crippen molar-refractivity contribution in [3.8, 4) is 11.5 Å². The molecular formula is C19H18ClFN2O6S. The zero-order valence-corrected chi connectivity index (χ0v) is 17.2. The van der Waals surface area contributed by atoms with Gasteiger partial charge in [-0.2, -0.15) is 4.31 Å². The van der Waals surface area contributed by atoms with Gasteiger partial charge in [0.15, 0.2) is 11.5 Å². The number of carboxylic acid groups (broad SMARTS) is 1. The quantitative estimate of drug-likeness (QED) is 0.738. The fourth-order valence-corrected chi connectivity index (χ4v) is 5.18. The Morgan fingerprint density at radius 1 is 1.10 bits per heavy atom. The SMILES string of the molecule is O=C(O)c1cc(S(=O)(=O)N2CCN(Cc3ccc4c(c3)OCO4)CC2)c(F)cc1Cl. The lowest BCUT2D eigenvalue weighted by atomic mass is 10.2. The number of sulfonamides is 1. The summed E-state index contributed by atoms with van der Waals surface area (Å²) < 4.78 is 51.9. The molecule has 0 aliphatic carbocycles. The summed E-state index contributed by atoms with van der Waals surface area (Å²) in [5.41, 5.74) is 0.545. The minimum atomic E-state index is -4.20. The first-order chi connectivity index (χ1) is 14.3. The first kappa shape index (κ1) is 20.9. The van der Waals surface area contributed by atoms with E-state index in [2.05, 4.69) is 4.90 Å². The predicted molar refractivity (Wildman–Crippen MR) is 105 cm³/mol. The number of benzene rings is 2. The van der Waals surface area contributed by atoms with Crippen LogP contribution in [0.15, 0.2) is 35.2 Å². The second-order valence-electron chi connectivity index (χ2n) is 6.94. The van der Waals surface area contributed by atoms with Crippen LogP contribution in [0.5, 0.6) is 11.5 Å². The normalized spacial score (nSPS) is 17.3. The second-order valence-corrected chi connectivity index (χ2v) is 9.25. The summed E-state index contributed by atoms with van der Waals surface area (Å²) in [5.74, 6) is -1.13. The first-order valence-corrected chi connectivity index (χ1v) is 10.9. The number of hydrogen-bond acceptors (Lipinski definition) is 6. The Morgan fingerprint density at radius 2 is 1.80 bits per heavy atom. The van der Waals surface area contributed by atoms with Gasteiger partial charge >= 0.3 is 5.97 Å². The summed E-state index contributed by atoms with van der Waals surface area (Å²) in [5, 5.41) is 8.80. The molecule has 0 unspecified atom stereocenters. The van der Waals surface area contributed by atoms with Crippen LogP contribution in [0.4, 0.5) is 4.39 Å².